The standard InChI is InChI=1S/C25H25F3N2O3/c1-14-7-8-16-18(5-4-6-19(16)30-14)29-11-17-15-9-10-20-22(33-13-32-20)21(15)23(2,3)12-24(17,31)25(26,27)28/h4-10,17,29,31H,11-13H2,1-3H3. The van der Waals surface area contributed by atoms with Crippen LogP contribution in [0.2, 0.25) is 0 Å². The van der Waals surface area contributed by atoms with Gasteiger partial charge in [-0.15, -0.1) is 0 Å². The van der Waals surface area contributed by atoms with E-state index in [9.17, 15) is 18.3 Å². The van der Waals surface area contributed by atoms with Crippen LogP contribution < -0.4 is 14.8 Å². The summed E-state index contributed by atoms with van der Waals surface area (Å²) in [5, 5.41) is 15.2. The molecular weight excluding hydrogens is 433 g/mol. The summed E-state index contributed by atoms with van der Waals surface area (Å²) < 4.78 is 54.2. The van der Waals surface area contributed by atoms with Gasteiger partial charge in [0.25, 0.3) is 0 Å². The summed E-state index contributed by atoms with van der Waals surface area (Å²) in [6, 6.07) is 12.5. The van der Waals surface area contributed by atoms with Crippen LogP contribution in [0.15, 0.2) is 42.5 Å². The summed E-state index contributed by atoms with van der Waals surface area (Å²) in [6.07, 6.45) is -5.30. The molecule has 1 aliphatic heterocycles. The van der Waals surface area contributed by atoms with Gasteiger partial charge in [-0.05, 0) is 54.7 Å². The first-order chi connectivity index (χ1) is 15.5. The molecule has 33 heavy (non-hydrogen) atoms. The molecule has 1 aliphatic carbocycles. The lowest BCUT2D eigenvalue weighted by atomic mass is 9.60. The molecule has 0 saturated heterocycles. The van der Waals surface area contributed by atoms with Crippen molar-refractivity contribution in [1.82, 2.24) is 4.98 Å². The van der Waals surface area contributed by atoms with Gasteiger partial charge in [-0.3, -0.25) is 4.98 Å². The van der Waals surface area contributed by atoms with Crippen molar-refractivity contribution in [2.75, 3.05) is 18.7 Å². The molecule has 8 heteroatoms. The van der Waals surface area contributed by atoms with Crippen molar-refractivity contribution in [3.05, 3.63) is 59.3 Å². The molecule has 2 heterocycles. The topological polar surface area (TPSA) is 63.6 Å². The second-order valence-electron chi connectivity index (χ2n) is 9.50. The van der Waals surface area contributed by atoms with Gasteiger partial charge in [0.2, 0.25) is 6.79 Å². The van der Waals surface area contributed by atoms with Crippen molar-refractivity contribution < 1.29 is 27.8 Å². The molecule has 1 aromatic heterocycles. The number of fused-ring (bicyclic) bond motifs is 4. The van der Waals surface area contributed by atoms with E-state index in [1.165, 1.54) is 0 Å². The fourth-order valence-corrected chi connectivity index (χ4v) is 5.32. The number of halogens is 3. The fraction of sp³-hybridized carbons (Fsp3) is 0.400. The average molecular weight is 458 g/mol. The van der Waals surface area contributed by atoms with E-state index in [2.05, 4.69) is 10.3 Å². The van der Waals surface area contributed by atoms with Crippen molar-refractivity contribution in [3.63, 3.8) is 0 Å². The molecule has 5 rings (SSSR count). The summed E-state index contributed by atoms with van der Waals surface area (Å²) in [5.74, 6) is -0.262. The number of nitrogens with one attached hydrogen (secondary N) is 1. The highest BCUT2D eigenvalue weighted by molar-refractivity contribution is 5.91. The molecule has 2 aromatic carbocycles. The van der Waals surface area contributed by atoms with Gasteiger partial charge >= 0.3 is 6.18 Å². The Balaban J connectivity index is 1.60. The monoisotopic (exact) mass is 458 g/mol. The summed E-state index contributed by atoms with van der Waals surface area (Å²) in [5.41, 5.74) is -0.549. The van der Waals surface area contributed by atoms with Gasteiger partial charge in [-0.25, -0.2) is 0 Å². The Morgan fingerprint density at radius 2 is 1.91 bits per heavy atom. The molecule has 2 atom stereocenters. The number of ether oxygens (including phenoxy) is 2. The number of hydrogen-bond acceptors (Lipinski definition) is 5. The Labute approximate surface area is 189 Å². The van der Waals surface area contributed by atoms with Crippen LogP contribution >= 0.6 is 0 Å². The average Bonchev–Trinajstić information content (AvgIpc) is 3.20. The fourth-order valence-electron chi connectivity index (χ4n) is 5.32. The van der Waals surface area contributed by atoms with Crippen LogP contribution in [-0.4, -0.2) is 35.2 Å². The SMILES string of the molecule is Cc1ccc2c(NCC3c4ccc5c(c4C(C)(C)CC3(O)C(F)(F)F)OCO5)cccc2n1. The maximum atomic E-state index is 14.4. The molecule has 2 aliphatic rings. The van der Waals surface area contributed by atoms with E-state index >= 15 is 0 Å². The third kappa shape index (κ3) is 3.39. The minimum absolute atomic E-state index is 0.0245. The predicted molar refractivity (Wildman–Crippen MR) is 119 cm³/mol. The summed E-state index contributed by atoms with van der Waals surface area (Å²) in [6.45, 7) is 5.19. The molecule has 2 N–H and O–H groups in total. The van der Waals surface area contributed by atoms with Crippen molar-refractivity contribution in [3.8, 4) is 11.5 Å². The highest BCUT2D eigenvalue weighted by Crippen LogP contribution is 2.58. The largest absolute Gasteiger partial charge is 0.454 e. The normalized spacial score (nSPS) is 23.4. The summed E-state index contributed by atoms with van der Waals surface area (Å²) in [7, 11) is 0. The molecule has 0 fully saturated rings. The van der Waals surface area contributed by atoms with Crippen LogP contribution in [-0.2, 0) is 5.41 Å². The number of nitrogens with zero attached hydrogens (tertiary/aromatic N) is 1. The van der Waals surface area contributed by atoms with Crippen molar-refractivity contribution in [2.45, 2.75) is 50.3 Å². The van der Waals surface area contributed by atoms with Crippen molar-refractivity contribution in [1.29, 1.82) is 0 Å². The molecule has 0 amide bonds. The molecule has 0 spiro atoms. The molecular formula is C25H25F3N2O3. The van der Waals surface area contributed by atoms with Gasteiger partial charge in [0.05, 0.1) is 5.52 Å². The highest BCUT2D eigenvalue weighted by Gasteiger charge is 2.64. The molecule has 174 valence electrons. The van der Waals surface area contributed by atoms with E-state index in [1.54, 1.807) is 32.0 Å². The third-order valence-electron chi connectivity index (χ3n) is 6.77. The first-order valence-electron chi connectivity index (χ1n) is 10.8. The quantitative estimate of drug-likeness (QED) is 0.547. The summed E-state index contributed by atoms with van der Waals surface area (Å²) >= 11 is 0. The zero-order valence-electron chi connectivity index (χ0n) is 18.6. The van der Waals surface area contributed by atoms with Crippen LogP contribution in [0.5, 0.6) is 11.5 Å². The van der Waals surface area contributed by atoms with E-state index in [0.29, 0.717) is 28.3 Å². The highest BCUT2D eigenvalue weighted by atomic mass is 19.4. The zero-order valence-corrected chi connectivity index (χ0v) is 18.6. The molecule has 2 unspecified atom stereocenters. The van der Waals surface area contributed by atoms with Gasteiger partial charge in [-0.2, -0.15) is 13.2 Å². The Kier molecular flexibility index (Phi) is 4.79. The lowest BCUT2D eigenvalue weighted by molar-refractivity contribution is -0.277. The van der Waals surface area contributed by atoms with Crippen LogP contribution in [0, 0.1) is 6.92 Å². The number of alkyl halides is 3. The number of aliphatic hydroxyl groups is 1. The molecule has 3 aromatic rings. The minimum atomic E-state index is -4.82. The molecule has 0 radical (unpaired) electrons. The Bertz CT molecular complexity index is 1240. The molecule has 5 nitrogen and oxygen atoms in total. The molecule has 0 saturated carbocycles. The minimum Gasteiger partial charge on any atom is -0.454 e. The number of rotatable bonds is 3. The second-order valence-corrected chi connectivity index (χ2v) is 9.50. The van der Waals surface area contributed by atoms with Gasteiger partial charge in [0, 0.05) is 34.8 Å². The third-order valence-corrected chi connectivity index (χ3v) is 6.77. The van der Waals surface area contributed by atoms with Crippen LogP contribution in [0.25, 0.3) is 10.9 Å². The summed E-state index contributed by atoms with van der Waals surface area (Å²) in [4.78, 5) is 4.49. The smallest absolute Gasteiger partial charge is 0.417 e. The zero-order chi connectivity index (χ0) is 23.6. The predicted octanol–water partition coefficient (Wildman–Crippen LogP) is 5.44. The van der Waals surface area contributed by atoms with E-state index in [1.807, 2.05) is 31.2 Å². The van der Waals surface area contributed by atoms with Crippen molar-refractivity contribution >= 4 is 16.6 Å². The van der Waals surface area contributed by atoms with Gasteiger partial charge in [0.1, 0.15) is 0 Å². The number of hydrogen-bond donors (Lipinski definition) is 2. The first kappa shape index (κ1) is 21.8. The lowest BCUT2D eigenvalue weighted by Crippen LogP contribution is -2.58. The number of aromatic nitrogens is 1. The van der Waals surface area contributed by atoms with Crippen LogP contribution in [0.1, 0.15) is 43.0 Å². The van der Waals surface area contributed by atoms with E-state index in [4.69, 9.17) is 9.47 Å². The maximum absolute atomic E-state index is 14.4. The maximum Gasteiger partial charge on any atom is 0.417 e. The second kappa shape index (κ2) is 7.25. The van der Waals surface area contributed by atoms with Crippen LogP contribution in [0.3, 0.4) is 0 Å². The van der Waals surface area contributed by atoms with Gasteiger partial charge in [-0.1, -0.05) is 26.0 Å². The number of aryl methyl sites for hydroxylation is 1. The van der Waals surface area contributed by atoms with E-state index < -0.39 is 29.5 Å². The lowest BCUT2D eigenvalue weighted by Gasteiger charge is -2.49. The van der Waals surface area contributed by atoms with Gasteiger partial charge < -0.3 is 19.9 Å². The van der Waals surface area contributed by atoms with Crippen molar-refractivity contribution in [2.24, 2.45) is 0 Å². The Hall–Kier alpha value is -3.00. The molecule has 0 bridgehead atoms. The first-order valence-corrected chi connectivity index (χ1v) is 10.8. The number of anilines is 1. The van der Waals surface area contributed by atoms with E-state index in [0.717, 1.165) is 16.6 Å². The van der Waals surface area contributed by atoms with Gasteiger partial charge in [0.15, 0.2) is 17.1 Å². The Morgan fingerprint density at radius 1 is 1.12 bits per heavy atom. The Morgan fingerprint density at radius 3 is 2.67 bits per heavy atom. The van der Waals surface area contributed by atoms with E-state index in [-0.39, 0.29) is 13.3 Å². The number of pyridine rings is 1. The number of benzene rings is 2. The van der Waals surface area contributed by atoms with Crippen LogP contribution in [0.4, 0.5) is 18.9 Å².